The number of hydrogen-bond donors (Lipinski definition) is 1. The van der Waals surface area contributed by atoms with Gasteiger partial charge < -0.3 is 10.3 Å². The highest BCUT2D eigenvalue weighted by Crippen LogP contribution is 2.28. The maximum Gasteiger partial charge on any atom is 0.240 e. The average Bonchev–Trinajstić information content (AvgIpc) is 2.93. The van der Waals surface area contributed by atoms with Gasteiger partial charge in [-0.1, -0.05) is 38.8 Å². The fourth-order valence-electron chi connectivity index (χ4n) is 3.15. The second-order valence-electron chi connectivity index (χ2n) is 6.11. The maximum atomic E-state index is 5.95. The van der Waals surface area contributed by atoms with Crippen molar-refractivity contribution in [1.82, 2.24) is 15.0 Å². The molecule has 1 aliphatic rings. The molecule has 0 radical (unpaired) electrons. The molecule has 1 aromatic heterocycles. The number of nitrogens with zero attached hydrogens (tertiary/aromatic N) is 3. The molecule has 2 atom stereocenters. The molecule has 2 N–H and O–H groups in total. The molecule has 0 aromatic carbocycles. The smallest absolute Gasteiger partial charge is 0.240 e. The van der Waals surface area contributed by atoms with E-state index in [1.165, 1.54) is 25.7 Å². The molecule has 1 fully saturated rings. The Morgan fingerprint density at radius 3 is 2.70 bits per heavy atom. The molecule has 1 heterocycles. The van der Waals surface area contributed by atoms with E-state index in [0.717, 1.165) is 31.3 Å². The summed E-state index contributed by atoms with van der Waals surface area (Å²) in [6.07, 6.45) is 5.10. The fraction of sp³-hybridized carbons (Fsp3) is 0.867. The first-order valence-electron chi connectivity index (χ1n) is 7.92. The minimum absolute atomic E-state index is 0.314. The summed E-state index contributed by atoms with van der Waals surface area (Å²) < 4.78 is 5.38. The van der Waals surface area contributed by atoms with Crippen molar-refractivity contribution in [2.75, 3.05) is 13.1 Å². The van der Waals surface area contributed by atoms with Crippen molar-refractivity contribution in [2.45, 2.75) is 65.0 Å². The van der Waals surface area contributed by atoms with Crippen molar-refractivity contribution in [3.05, 3.63) is 11.7 Å². The lowest BCUT2D eigenvalue weighted by atomic mass is 9.83. The molecule has 0 bridgehead atoms. The summed E-state index contributed by atoms with van der Waals surface area (Å²) in [4.78, 5) is 6.95. The van der Waals surface area contributed by atoms with Gasteiger partial charge in [-0.3, -0.25) is 4.90 Å². The van der Waals surface area contributed by atoms with Gasteiger partial charge in [-0.25, -0.2) is 0 Å². The topological polar surface area (TPSA) is 68.2 Å². The van der Waals surface area contributed by atoms with Gasteiger partial charge in [0, 0.05) is 12.0 Å². The van der Waals surface area contributed by atoms with Gasteiger partial charge in [0.25, 0.3) is 0 Å². The van der Waals surface area contributed by atoms with Gasteiger partial charge in [-0.2, -0.15) is 4.98 Å². The van der Waals surface area contributed by atoms with E-state index >= 15 is 0 Å². The van der Waals surface area contributed by atoms with Gasteiger partial charge in [0.05, 0.1) is 6.54 Å². The molecule has 1 aromatic rings. The minimum atomic E-state index is 0.314. The highest BCUT2D eigenvalue weighted by molar-refractivity contribution is 4.93. The zero-order chi connectivity index (χ0) is 14.5. The average molecular weight is 280 g/mol. The van der Waals surface area contributed by atoms with Gasteiger partial charge in [0.15, 0.2) is 5.82 Å². The van der Waals surface area contributed by atoms with Crippen LogP contribution in [0.2, 0.25) is 0 Å². The predicted octanol–water partition coefficient (Wildman–Crippen LogP) is 2.53. The van der Waals surface area contributed by atoms with Crippen LogP contribution in [0, 0.1) is 5.92 Å². The van der Waals surface area contributed by atoms with Crippen LogP contribution in [0.3, 0.4) is 0 Å². The Morgan fingerprint density at radius 1 is 1.35 bits per heavy atom. The third-order valence-electron chi connectivity index (χ3n) is 4.39. The lowest BCUT2D eigenvalue weighted by Gasteiger charge is -2.38. The zero-order valence-corrected chi connectivity index (χ0v) is 13.0. The maximum absolute atomic E-state index is 5.95. The highest BCUT2D eigenvalue weighted by Gasteiger charge is 2.29. The molecule has 1 aliphatic carbocycles. The van der Waals surface area contributed by atoms with E-state index in [9.17, 15) is 0 Å². The number of rotatable bonds is 6. The molecule has 0 saturated heterocycles. The van der Waals surface area contributed by atoms with Crippen molar-refractivity contribution in [1.29, 1.82) is 0 Å². The first-order valence-corrected chi connectivity index (χ1v) is 7.92. The zero-order valence-electron chi connectivity index (χ0n) is 13.0. The standard InChI is InChI=1S/C15H28N4O/c1-4-19(13-8-6-5-7-12(13)9-16)10-14-17-15(11(2)3)18-20-14/h11-13H,4-10,16H2,1-3H3. The normalized spacial score (nSPS) is 23.7. The van der Waals surface area contributed by atoms with Crippen LogP contribution in [0.25, 0.3) is 0 Å². The Labute approximate surface area is 121 Å². The molecule has 2 rings (SSSR count). The SMILES string of the molecule is CCN(Cc1nc(C(C)C)no1)C1CCCCC1CN. The van der Waals surface area contributed by atoms with Crippen LogP contribution in [0.4, 0.5) is 0 Å². The summed E-state index contributed by atoms with van der Waals surface area (Å²) in [6.45, 7) is 8.89. The number of aromatic nitrogens is 2. The molecular weight excluding hydrogens is 252 g/mol. The number of nitrogens with two attached hydrogens (primary N) is 1. The van der Waals surface area contributed by atoms with Crippen LogP contribution in [0.1, 0.15) is 64.1 Å². The van der Waals surface area contributed by atoms with E-state index in [0.29, 0.717) is 17.9 Å². The summed E-state index contributed by atoms with van der Waals surface area (Å²) >= 11 is 0. The Hall–Kier alpha value is -0.940. The Morgan fingerprint density at radius 2 is 2.10 bits per heavy atom. The molecule has 1 saturated carbocycles. The quantitative estimate of drug-likeness (QED) is 0.867. The van der Waals surface area contributed by atoms with Crippen LogP contribution in [0.15, 0.2) is 4.52 Å². The van der Waals surface area contributed by atoms with E-state index in [1.807, 2.05) is 0 Å². The molecule has 20 heavy (non-hydrogen) atoms. The van der Waals surface area contributed by atoms with Crippen LogP contribution in [-0.2, 0) is 6.54 Å². The van der Waals surface area contributed by atoms with Gasteiger partial charge >= 0.3 is 0 Å². The first kappa shape index (κ1) is 15.4. The lowest BCUT2D eigenvalue weighted by molar-refractivity contribution is 0.0942. The molecule has 114 valence electrons. The third kappa shape index (κ3) is 3.58. The molecule has 5 heteroatoms. The van der Waals surface area contributed by atoms with Gasteiger partial charge in [-0.15, -0.1) is 0 Å². The van der Waals surface area contributed by atoms with Crippen molar-refractivity contribution in [3.8, 4) is 0 Å². The molecule has 2 unspecified atom stereocenters. The highest BCUT2D eigenvalue weighted by atomic mass is 16.5. The Balaban J connectivity index is 2.03. The third-order valence-corrected chi connectivity index (χ3v) is 4.39. The minimum Gasteiger partial charge on any atom is -0.338 e. The van der Waals surface area contributed by atoms with Crippen molar-refractivity contribution >= 4 is 0 Å². The summed E-state index contributed by atoms with van der Waals surface area (Å²) in [7, 11) is 0. The van der Waals surface area contributed by atoms with Gasteiger partial charge in [0.2, 0.25) is 5.89 Å². The summed E-state index contributed by atoms with van der Waals surface area (Å²) in [5.41, 5.74) is 5.95. The molecule has 0 spiro atoms. The summed E-state index contributed by atoms with van der Waals surface area (Å²) in [5, 5.41) is 4.05. The van der Waals surface area contributed by atoms with Crippen LogP contribution >= 0.6 is 0 Å². The predicted molar refractivity (Wildman–Crippen MR) is 79.3 cm³/mol. The van der Waals surface area contributed by atoms with E-state index < -0.39 is 0 Å². The van der Waals surface area contributed by atoms with Crippen LogP contribution in [-0.4, -0.2) is 34.2 Å². The summed E-state index contributed by atoms with van der Waals surface area (Å²) in [5.74, 6) is 2.46. The van der Waals surface area contributed by atoms with E-state index in [-0.39, 0.29) is 0 Å². The van der Waals surface area contributed by atoms with Crippen molar-refractivity contribution < 1.29 is 4.52 Å². The van der Waals surface area contributed by atoms with Gasteiger partial charge in [-0.05, 0) is 31.8 Å². The first-order chi connectivity index (χ1) is 9.65. The summed E-state index contributed by atoms with van der Waals surface area (Å²) in [6, 6.07) is 0.563. The van der Waals surface area contributed by atoms with Crippen molar-refractivity contribution in [2.24, 2.45) is 11.7 Å². The molecule has 0 amide bonds. The van der Waals surface area contributed by atoms with E-state index in [4.69, 9.17) is 10.3 Å². The lowest BCUT2D eigenvalue weighted by Crippen LogP contribution is -2.44. The molecular formula is C15H28N4O. The van der Waals surface area contributed by atoms with Gasteiger partial charge in [0.1, 0.15) is 0 Å². The monoisotopic (exact) mass is 280 g/mol. The molecule has 0 aliphatic heterocycles. The van der Waals surface area contributed by atoms with E-state index in [2.05, 4.69) is 35.8 Å². The number of hydrogen-bond acceptors (Lipinski definition) is 5. The second kappa shape index (κ2) is 7.18. The fourth-order valence-corrected chi connectivity index (χ4v) is 3.15. The molecule has 5 nitrogen and oxygen atoms in total. The van der Waals surface area contributed by atoms with E-state index in [1.54, 1.807) is 0 Å². The van der Waals surface area contributed by atoms with Crippen LogP contribution < -0.4 is 5.73 Å². The Bertz CT molecular complexity index is 404. The largest absolute Gasteiger partial charge is 0.338 e. The Kier molecular flexibility index (Phi) is 5.54. The van der Waals surface area contributed by atoms with Crippen molar-refractivity contribution in [3.63, 3.8) is 0 Å². The second-order valence-corrected chi connectivity index (χ2v) is 6.11. The van der Waals surface area contributed by atoms with Crippen LogP contribution in [0.5, 0.6) is 0 Å².